The minimum absolute atomic E-state index is 0.0613. The smallest absolute Gasteiger partial charge is 0.293 e. The lowest BCUT2D eigenvalue weighted by atomic mass is 9.72. The lowest BCUT2D eigenvalue weighted by Crippen LogP contribution is -2.47. The Bertz CT molecular complexity index is 2840. The van der Waals surface area contributed by atoms with E-state index in [-0.39, 0.29) is 29.3 Å². The first-order valence-corrected chi connectivity index (χ1v) is 23.0. The van der Waals surface area contributed by atoms with Crippen LogP contribution in [0, 0.1) is 15.5 Å². The fraction of sp³-hybridized carbons (Fsp3) is 0.356. The number of piperazine rings is 1. The number of pyridine rings is 1. The maximum Gasteiger partial charge on any atom is 0.293 e. The van der Waals surface area contributed by atoms with Crippen molar-refractivity contribution in [2.75, 3.05) is 69.2 Å². The van der Waals surface area contributed by atoms with Crippen molar-refractivity contribution in [2.45, 2.75) is 44.1 Å². The summed E-state index contributed by atoms with van der Waals surface area (Å²) in [5.41, 5.74) is 7.17. The molecule has 2 aliphatic heterocycles. The highest BCUT2D eigenvalue weighted by atomic mass is 35.5. The predicted molar refractivity (Wildman–Crippen MR) is 244 cm³/mol. The van der Waals surface area contributed by atoms with Crippen LogP contribution in [-0.2, 0) is 14.8 Å². The van der Waals surface area contributed by atoms with Crippen LogP contribution < -0.4 is 20.3 Å². The summed E-state index contributed by atoms with van der Waals surface area (Å²) in [4.78, 5) is 39.0. The Hall–Kier alpha value is -5.85. The van der Waals surface area contributed by atoms with E-state index in [9.17, 15) is 23.3 Å². The van der Waals surface area contributed by atoms with Gasteiger partial charge in [-0.25, -0.2) is 23.1 Å². The van der Waals surface area contributed by atoms with Gasteiger partial charge in [0.1, 0.15) is 11.2 Å². The number of aromatic amines is 1. The van der Waals surface area contributed by atoms with E-state index in [0.29, 0.717) is 35.5 Å². The van der Waals surface area contributed by atoms with Gasteiger partial charge in [-0.3, -0.25) is 29.6 Å². The van der Waals surface area contributed by atoms with Crippen molar-refractivity contribution in [2.24, 2.45) is 5.41 Å². The van der Waals surface area contributed by atoms with Gasteiger partial charge < -0.3 is 20.3 Å². The van der Waals surface area contributed by atoms with E-state index in [4.69, 9.17) is 16.3 Å². The third kappa shape index (κ3) is 9.15. The van der Waals surface area contributed by atoms with Gasteiger partial charge in [0.2, 0.25) is 0 Å². The number of allylic oxidation sites excluding steroid dienone is 1. The highest BCUT2D eigenvalue weighted by molar-refractivity contribution is 7.90. The molecule has 0 spiro atoms. The average molecular weight is 893 g/mol. The molecular formula is C45H49ClN10O6S. The van der Waals surface area contributed by atoms with Gasteiger partial charge in [-0.05, 0) is 90.4 Å². The summed E-state index contributed by atoms with van der Waals surface area (Å²) in [5, 5.41) is 23.1. The van der Waals surface area contributed by atoms with Crippen LogP contribution in [0.25, 0.3) is 33.3 Å². The van der Waals surface area contributed by atoms with Crippen molar-refractivity contribution in [1.82, 2.24) is 34.7 Å². The number of hydrogen-bond donors (Lipinski definition) is 4. The molecule has 1 aliphatic carbocycles. The van der Waals surface area contributed by atoms with Crippen LogP contribution in [0.2, 0.25) is 5.02 Å². The number of aromatic nitrogens is 4. The summed E-state index contributed by atoms with van der Waals surface area (Å²) in [5.74, 6) is -0.909. The zero-order valence-corrected chi connectivity index (χ0v) is 36.6. The second-order valence-electron chi connectivity index (χ2n) is 17.2. The second-order valence-corrected chi connectivity index (χ2v) is 19.3. The summed E-state index contributed by atoms with van der Waals surface area (Å²) >= 11 is 6.25. The molecule has 4 N–H and O–H groups in total. The number of nitro groups is 1. The van der Waals surface area contributed by atoms with Crippen LogP contribution in [-0.4, -0.2) is 109 Å². The first-order chi connectivity index (χ1) is 30.3. The molecule has 0 bridgehead atoms. The van der Waals surface area contributed by atoms with E-state index in [2.05, 4.69) is 66.2 Å². The SMILES string of the molecule is CC1(C)CCC(CN2CCN(c3ccc(C(=O)NS(=O)(=O)c4ccc(NC[C@H]5CNCCO5)c([N+](=O)[O-])c4)c(-n4[nH]cc5nc6nccc6cc54)c3)CC2)=C(c2ccc(Cl)cc2)C1. The number of fused-ring (bicyclic) bond motifs is 2. The standard InChI is InChI=1S/C45H49ClN10O6S/c1-45(2)13-11-31(37(24-45)29-3-5-32(46)6-4-29)28-53-16-18-54(19-17-53)33-7-9-36(40(22-33)55-41-21-30-12-14-48-43(30)51-39(41)27-50-55)44(57)52-63(60,61)35-8-10-38(42(23-35)56(58)59)49-26-34-25-47-15-20-62-34/h3-10,12,14,21-23,27,34,47,49-50H,11,13,15-20,24-26,28H2,1-2H3,(H,52,57)/t34-/m1/s1. The van der Waals surface area contributed by atoms with Crippen molar-refractivity contribution in [3.05, 3.63) is 117 Å². The lowest BCUT2D eigenvalue weighted by molar-refractivity contribution is -0.384. The Balaban J connectivity index is 0.976. The largest absolute Gasteiger partial charge is 0.377 e. The van der Waals surface area contributed by atoms with Gasteiger partial charge >= 0.3 is 0 Å². The zero-order valence-electron chi connectivity index (χ0n) is 35.1. The van der Waals surface area contributed by atoms with E-state index in [1.165, 1.54) is 28.8 Å². The number of nitrogens with zero attached hydrogens (tertiary/aromatic N) is 6. The van der Waals surface area contributed by atoms with Crippen LogP contribution in [0.3, 0.4) is 0 Å². The molecule has 328 valence electrons. The van der Waals surface area contributed by atoms with Crippen LogP contribution in [0.4, 0.5) is 17.1 Å². The Morgan fingerprint density at radius 3 is 2.62 bits per heavy atom. The number of hydrogen-bond acceptors (Lipinski definition) is 12. The minimum Gasteiger partial charge on any atom is -0.377 e. The summed E-state index contributed by atoms with van der Waals surface area (Å²) in [7, 11) is -4.58. The van der Waals surface area contributed by atoms with E-state index in [0.717, 1.165) is 80.7 Å². The number of morpholine rings is 1. The first-order valence-electron chi connectivity index (χ1n) is 21.1. The number of anilines is 2. The number of sulfonamides is 1. The van der Waals surface area contributed by atoms with Crippen LogP contribution in [0.1, 0.15) is 49.0 Å². The quantitative estimate of drug-likeness (QED) is 0.0746. The van der Waals surface area contributed by atoms with Gasteiger partial charge in [-0.2, -0.15) is 0 Å². The van der Waals surface area contributed by atoms with Crippen molar-refractivity contribution < 1.29 is 22.9 Å². The number of nitro benzene ring substituents is 1. The number of halogens is 1. The third-order valence-corrected chi connectivity index (χ3v) is 13.9. The first kappa shape index (κ1) is 42.5. The number of nitrogens with one attached hydrogen (secondary N) is 4. The van der Waals surface area contributed by atoms with Crippen LogP contribution in [0.15, 0.2) is 95.7 Å². The molecule has 5 heterocycles. The maximum absolute atomic E-state index is 14.2. The molecule has 16 nitrogen and oxygen atoms in total. The molecule has 1 atom stereocenters. The molecule has 0 unspecified atom stereocenters. The predicted octanol–water partition coefficient (Wildman–Crippen LogP) is 6.77. The Labute approximate surface area is 369 Å². The Morgan fingerprint density at radius 1 is 1.05 bits per heavy atom. The molecule has 2 saturated heterocycles. The molecule has 63 heavy (non-hydrogen) atoms. The van der Waals surface area contributed by atoms with E-state index in [1.807, 2.05) is 36.4 Å². The number of H-pyrrole nitrogens is 1. The highest BCUT2D eigenvalue weighted by Crippen LogP contribution is 2.43. The number of carbonyl (C=O) groups excluding carboxylic acids is 1. The number of amides is 1. The minimum atomic E-state index is -4.58. The second kappa shape index (κ2) is 17.4. The van der Waals surface area contributed by atoms with Gasteiger partial charge in [0.15, 0.2) is 5.65 Å². The zero-order chi connectivity index (χ0) is 43.9. The number of ether oxygens (including phenoxy) is 1. The molecule has 3 aromatic carbocycles. The molecule has 6 aromatic rings. The average Bonchev–Trinajstić information content (AvgIpc) is 3.92. The fourth-order valence-electron chi connectivity index (χ4n) is 8.80. The molecule has 1 amide bonds. The number of rotatable bonds is 12. The van der Waals surface area contributed by atoms with Gasteiger partial charge in [-0.1, -0.05) is 43.2 Å². The van der Waals surface area contributed by atoms with Crippen molar-refractivity contribution >= 4 is 72.2 Å². The Morgan fingerprint density at radius 2 is 1.86 bits per heavy atom. The molecule has 0 saturated carbocycles. The number of carbonyl (C=O) groups is 1. The van der Waals surface area contributed by atoms with Gasteiger partial charge in [-0.15, -0.1) is 0 Å². The van der Waals surface area contributed by atoms with Crippen LogP contribution >= 0.6 is 11.6 Å². The van der Waals surface area contributed by atoms with Crippen LogP contribution in [0.5, 0.6) is 0 Å². The molecule has 9 rings (SSSR count). The molecular weight excluding hydrogens is 844 g/mol. The molecule has 3 aromatic heterocycles. The fourth-order valence-corrected chi connectivity index (χ4v) is 9.91. The van der Waals surface area contributed by atoms with Crippen molar-refractivity contribution in [3.8, 4) is 5.69 Å². The van der Waals surface area contributed by atoms with Gasteiger partial charge in [0.25, 0.3) is 21.6 Å². The summed E-state index contributed by atoms with van der Waals surface area (Å²) < 4.78 is 37.2. The highest BCUT2D eigenvalue weighted by Gasteiger charge is 2.31. The summed E-state index contributed by atoms with van der Waals surface area (Å²) in [6.07, 6.45) is 6.37. The van der Waals surface area contributed by atoms with Gasteiger partial charge in [0.05, 0.1) is 39.3 Å². The lowest BCUT2D eigenvalue weighted by Gasteiger charge is -2.39. The normalized spacial score (nSPS) is 18.5. The summed E-state index contributed by atoms with van der Waals surface area (Å²) in [6, 6.07) is 20.8. The van der Waals surface area contributed by atoms with E-state index in [1.54, 1.807) is 23.1 Å². The Kier molecular flexibility index (Phi) is 11.7. The molecule has 2 fully saturated rings. The summed E-state index contributed by atoms with van der Waals surface area (Å²) in [6.45, 7) is 10.8. The molecule has 3 aliphatic rings. The van der Waals surface area contributed by atoms with Crippen molar-refractivity contribution in [1.29, 1.82) is 0 Å². The topological polar surface area (TPSA) is 193 Å². The monoisotopic (exact) mass is 892 g/mol. The van der Waals surface area contributed by atoms with Crippen molar-refractivity contribution in [3.63, 3.8) is 0 Å². The third-order valence-electron chi connectivity index (χ3n) is 12.3. The molecule has 18 heteroatoms. The number of benzene rings is 3. The maximum atomic E-state index is 14.2. The van der Waals surface area contributed by atoms with E-state index < -0.39 is 31.4 Å². The molecule has 0 radical (unpaired) electrons. The van der Waals surface area contributed by atoms with E-state index >= 15 is 0 Å². The van der Waals surface area contributed by atoms with Gasteiger partial charge in [0, 0.05) is 86.9 Å².